The number of nitrogens with one attached hydrogen (secondary N) is 1. The van der Waals surface area contributed by atoms with Crippen LogP contribution < -0.4 is 5.32 Å². The van der Waals surface area contributed by atoms with E-state index in [1.54, 1.807) is 12.3 Å². The second-order valence-corrected chi connectivity index (χ2v) is 4.83. The third kappa shape index (κ3) is 1.53. The van der Waals surface area contributed by atoms with E-state index in [1.807, 2.05) is 0 Å². The van der Waals surface area contributed by atoms with Gasteiger partial charge in [0.2, 0.25) is 0 Å². The molecule has 0 aromatic carbocycles. The van der Waals surface area contributed by atoms with Gasteiger partial charge in [-0.3, -0.25) is 0 Å². The lowest BCUT2D eigenvalue weighted by molar-refractivity contribution is 0.438. The number of rotatable bonds is 2. The Hall–Kier alpha value is -1.63. The predicted molar refractivity (Wildman–Crippen MR) is 59.6 cm³/mol. The summed E-state index contributed by atoms with van der Waals surface area (Å²) in [5, 5.41) is 20.2. The molecule has 4 nitrogen and oxygen atoms in total. The first-order chi connectivity index (χ1) is 7.86. The summed E-state index contributed by atoms with van der Waals surface area (Å²) in [4.78, 5) is 0. The molecule has 2 fully saturated rings. The normalized spacial score (nSPS) is 31.3. The van der Waals surface area contributed by atoms with Crippen LogP contribution in [-0.2, 0) is 0 Å². The van der Waals surface area contributed by atoms with E-state index >= 15 is 0 Å². The Labute approximate surface area is 94.7 Å². The topological polar surface area (TPSA) is 61.6 Å². The van der Waals surface area contributed by atoms with Crippen molar-refractivity contribution < 1.29 is 0 Å². The zero-order valence-electron chi connectivity index (χ0n) is 9.06. The predicted octanol–water partition coefficient (Wildman–Crippen LogP) is 1.95. The summed E-state index contributed by atoms with van der Waals surface area (Å²) in [5.74, 6) is 2.32. The van der Waals surface area contributed by atoms with E-state index in [4.69, 9.17) is 5.26 Å². The minimum absolute atomic E-state index is 0.502. The Morgan fingerprint density at radius 1 is 1.38 bits per heavy atom. The molecule has 0 amide bonds. The molecular weight excluding hydrogens is 200 g/mol. The first-order valence-corrected chi connectivity index (χ1v) is 5.85. The number of nitrogens with zero attached hydrogens (tertiary/aromatic N) is 3. The molecular formula is C12H14N4. The molecule has 1 heterocycles. The van der Waals surface area contributed by atoms with Gasteiger partial charge in [0.25, 0.3) is 0 Å². The van der Waals surface area contributed by atoms with E-state index in [9.17, 15) is 0 Å². The summed E-state index contributed by atoms with van der Waals surface area (Å²) >= 11 is 0. The Balaban J connectivity index is 1.77. The number of hydrogen-bond acceptors (Lipinski definition) is 4. The Kier molecular flexibility index (Phi) is 2.24. The third-order valence-electron chi connectivity index (χ3n) is 3.90. The molecule has 3 unspecified atom stereocenters. The lowest BCUT2D eigenvalue weighted by Gasteiger charge is -2.23. The summed E-state index contributed by atoms with van der Waals surface area (Å²) in [6.45, 7) is 0. The van der Waals surface area contributed by atoms with Gasteiger partial charge in [0.15, 0.2) is 5.82 Å². The molecule has 3 atom stereocenters. The maximum absolute atomic E-state index is 8.97. The molecule has 1 N–H and O–H groups in total. The quantitative estimate of drug-likeness (QED) is 0.817. The van der Waals surface area contributed by atoms with Gasteiger partial charge in [-0.15, -0.1) is 5.10 Å². The molecule has 82 valence electrons. The van der Waals surface area contributed by atoms with Crippen molar-refractivity contribution >= 4 is 5.82 Å². The van der Waals surface area contributed by atoms with Gasteiger partial charge in [-0.2, -0.15) is 10.4 Å². The molecule has 0 radical (unpaired) electrons. The summed E-state index contributed by atoms with van der Waals surface area (Å²) in [7, 11) is 0. The van der Waals surface area contributed by atoms with E-state index in [-0.39, 0.29) is 0 Å². The first kappa shape index (κ1) is 9.59. The highest BCUT2D eigenvalue weighted by Gasteiger charge is 2.39. The van der Waals surface area contributed by atoms with Crippen LogP contribution in [0.5, 0.6) is 0 Å². The van der Waals surface area contributed by atoms with Crippen molar-refractivity contribution in [2.24, 2.45) is 11.8 Å². The zero-order valence-corrected chi connectivity index (χ0v) is 9.06. The number of anilines is 1. The van der Waals surface area contributed by atoms with Gasteiger partial charge in [-0.25, -0.2) is 0 Å². The van der Waals surface area contributed by atoms with Crippen LogP contribution in [0.15, 0.2) is 12.3 Å². The second-order valence-electron chi connectivity index (χ2n) is 4.83. The molecule has 4 heteroatoms. The number of hydrogen-bond donors (Lipinski definition) is 1. The van der Waals surface area contributed by atoms with Crippen LogP contribution in [0.25, 0.3) is 0 Å². The summed E-state index contributed by atoms with van der Waals surface area (Å²) in [6, 6.07) is 4.36. The maximum atomic E-state index is 8.97. The minimum Gasteiger partial charge on any atom is -0.364 e. The van der Waals surface area contributed by atoms with Gasteiger partial charge in [0.1, 0.15) is 6.07 Å². The maximum Gasteiger partial charge on any atom is 0.166 e. The SMILES string of the molecule is N#Cc1ccnnc1NC1CC2CCC1C2. The Bertz CT molecular complexity index is 437. The summed E-state index contributed by atoms with van der Waals surface area (Å²) < 4.78 is 0. The van der Waals surface area contributed by atoms with Crippen LogP contribution >= 0.6 is 0 Å². The molecule has 16 heavy (non-hydrogen) atoms. The van der Waals surface area contributed by atoms with E-state index in [2.05, 4.69) is 21.6 Å². The van der Waals surface area contributed by atoms with Gasteiger partial charge in [0, 0.05) is 6.04 Å². The monoisotopic (exact) mass is 214 g/mol. The fraction of sp³-hybridized carbons (Fsp3) is 0.583. The fourth-order valence-electron chi connectivity index (χ4n) is 3.13. The van der Waals surface area contributed by atoms with Crippen LogP contribution in [0.4, 0.5) is 5.82 Å². The van der Waals surface area contributed by atoms with Crippen LogP contribution in [0.1, 0.15) is 31.2 Å². The average Bonchev–Trinajstić information content (AvgIpc) is 2.92. The molecule has 2 aliphatic rings. The van der Waals surface area contributed by atoms with Crippen molar-refractivity contribution in [2.45, 2.75) is 31.7 Å². The van der Waals surface area contributed by atoms with Gasteiger partial charge in [-0.05, 0) is 37.2 Å². The molecule has 2 aliphatic carbocycles. The number of fused-ring (bicyclic) bond motifs is 2. The molecule has 0 spiro atoms. The molecule has 3 rings (SSSR count). The van der Waals surface area contributed by atoms with Crippen LogP contribution in [0.2, 0.25) is 0 Å². The molecule has 1 aromatic heterocycles. The van der Waals surface area contributed by atoms with Gasteiger partial charge < -0.3 is 5.32 Å². The summed E-state index contributed by atoms with van der Waals surface area (Å²) in [5.41, 5.74) is 0.595. The smallest absolute Gasteiger partial charge is 0.166 e. The van der Waals surface area contributed by atoms with Crippen molar-refractivity contribution in [1.82, 2.24) is 10.2 Å². The van der Waals surface area contributed by atoms with Gasteiger partial charge in [-0.1, -0.05) is 6.42 Å². The van der Waals surface area contributed by atoms with Crippen LogP contribution in [0, 0.1) is 23.2 Å². The molecule has 0 saturated heterocycles. The fourth-order valence-corrected chi connectivity index (χ4v) is 3.13. The van der Waals surface area contributed by atoms with Crippen LogP contribution in [0.3, 0.4) is 0 Å². The number of nitriles is 1. The van der Waals surface area contributed by atoms with Crippen molar-refractivity contribution in [3.8, 4) is 6.07 Å². The molecule has 0 aliphatic heterocycles. The Morgan fingerprint density at radius 3 is 3.00 bits per heavy atom. The third-order valence-corrected chi connectivity index (χ3v) is 3.90. The number of aromatic nitrogens is 2. The Morgan fingerprint density at radius 2 is 2.31 bits per heavy atom. The van der Waals surface area contributed by atoms with Crippen molar-refractivity contribution in [1.29, 1.82) is 5.26 Å². The van der Waals surface area contributed by atoms with Gasteiger partial charge >= 0.3 is 0 Å². The largest absolute Gasteiger partial charge is 0.364 e. The van der Waals surface area contributed by atoms with E-state index in [0.29, 0.717) is 17.4 Å². The van der Waals surface area contributed by atoms with Gasteiger partial charge in [0.05, 0.1) is 11.8 Å². The summed E-state index contributed by atoms with van der Waals surface area (Å²) in [6.07, 6.45) is 6.84. The standard InChI is InChI=1S/C12H14N4/c13-7-10-3-4-14-16-12(10)15-11-6-8-1-2-9(11)5-8/h3-4,8-9,11H,1-2,5-6H2,(H,15,16). The molecule has 2 saturated carbocycles. The minimum atomic E-state index is 0.502. The lowest BCUT2D eigenvalue weighted by Crippen LogP contribution is -2.26. The second kappa shape index (κ2) is 3.75. The highest BCUT2D eigenvalue weighted by molar-refractivity contribution is 5.51. The van der Waals surface area contributed by atoms with Crippen molar-refractivity contribution in [3.63, 3.8) is 0 Å². The van der Waals surface area contributed by atoms with Crippen LogP contribution in [-0.4, -0.2) is 16.2 Å². The average molecular weight is 214 g/mol. The van der Waals surface area contributed by atoms with Crippen molar-refractivity contribution in [2.75, 3.05) is 5.32 Å². The molecule has 1 aromatic rings. The molecule has 2 bridgehead atoms. The highest BCUT2D eigenvalue weighted by Crippen LogP contribution is 2.45. The lowest BCUT2D eigenvalue weighted by atomic mass is 9.95. The first-order valence-electron chi connectivity index (χ1n) is 5.85. The van der Waals surface area contributed by atoms with Crippen molar-refractivity contribution in [3.05, 3.63) is 17.8 Å². The zero-order chi connectivity index (χ0) is 11.0. The van der Waals surface area contributed by atoms with E-state index < -0.39 is 0 Å². The highest BCUT2D eigenvalue weighted by atomic mass is 15.2. The van der Waals surface area contributed by atoms with E-state index in [0.717, 1.165) is 11.8 Å². The van der Waals surface area contributed by atoms with E-state index in [1.165, 1.54) is 25.7 Å².